The molecule has 1 aliphatic heterocycles. The third-order valence-corrected chi connectivity index (χ3v) is 3.88. The molecule has 19 heavy (non-hydrogen) atoms. The molecule has 0 saturated carbocycles. The Balaban J connectivity index is 2.18. The fraction of sp³-hybridized carbons (Fsp3) is 0.571. The van der Waals surface area contributed by atoms with Crippen LogP contribution in [0.15, 0.2) is 6.07 Å². The van der Waals surface area contributed by atoms with Crippen molar-refractivity contribution in [2.75, 3.05) is 31.1 Å². The van der Waals surface area contributed by atoms with Gasteiger partial charge in [-0.15, -0.1) is 0 Å². The highest BCUT2D eigenvalue weighted by molar-refractivity contribution is 5.57. The van der Waals surface area contributed by atoms with Crippen LogP contribution in [0.25, 0.3) is 5.65 Å². The van der Waals surface area contributed by atoms with Gasteiger partial charge in [-0.25, -0.2) is 4.98 Å². The number of hydrogen-bond donors (Lipinski definition) is 1. The molecule has 2 aromatic rings. The third kappa shape index (κ3) is 2.08. The summed E-state index contributed by atoms with van der Waals surface area (Å²) in [6, 6.07) is 2.10. The summed E-state index contributed by atoms with van der Waals surface area (Å²) in [7, 11) is 0. The van der Waals surface area contributed by atoms with E-state index in [9.17, 15) is 0 Å². The molecule has 0 aliphatic carbocycles. The molecular weight excluding hydrogens is 238 g/mol. The Hall–Kier alpha value is -1.62. The van der Waals surface area contributed by atoms with Gasteiger partial charge in [-0.1, -0.05) is 6.92 Å². The van der Waals surface area contributed by atoms with E-state index in [4.69, 9.17) is 5.10 Å². The van der Waals surface area contributed by atoms with Crippen LogP contribution in [-0.2, 0) is 6.42 Å². The van der Waals surface area contributed by atoms with Crippen LogP contribution < -0.4 is 10.2 Å². The van der Waals surface area contributed by atoms with E-state index in [1.165, 1.54) is 11.4 Å². The topological polar surface area (TPSA) is 45.5 Å². The van der Waals surface area contributed by atoms with E-state index in [-0.39, 0.29) is 0 Å². The first-order valence-corrected chi connectivity index (χ1v) is 7.02. The summed E-state index contributed by atoms with van der Waals surface area (Å²) in [6.07, 6.45) is 0.947. The molecule has 1 N–H and O–H groups in total. The van der Waals surface area contributed by atoms with Gasteiger partial charge in [0.1, 0.15) is 5.82 Å². The van der Waals surface area contributed by atoms with Gasteiger partial charge in [-0.3, -0.25) is 0 Å². The molecule has 0 aromatic carbocycles. The van der Waals surface area contributed by atoms with Gasteiger partial charge in [0.15, 0.2) is 5.65 Å². The van der Waals surface area contributed by atoms with Gasteiger partial charge < -0.3 is 10.2 Å². The fourth-order valence-corrected chi connectivity index (χ4v) is 2.65. The molecule has 3 heterocycles. The van der Waals surface area contributed by atoms with Crippen molar-refractivity contribution in [1.29, 1.82) is 0 Å². The lowest BCUT2D eigenvalue weighted by atomic mass is 10.2. The summed E-state index contributed by atoms with van der Waals surface area (Å²) >= 11 is 0. The van der Waals surface area contributed by atoms with Crippen LogP contribution in [-0.4, -0.2) is 40.8 Å². The van der Waals surface area contributed by atoms with Crippen molar-refractivity contribution in [3.63, 3.8) is 0 Å². The fourth-order valence-electron chi connectivity index (χ4n) is 2.65. The first-order valence-electron chi connectivity index (χ1n) is 7.02. The maximum Gasteiger partial charge on any atom is 0.157 e. The molecular formula is C14H21N5. The molecule has 1 saturated heterocycles. The maximum absolute atomic E-state index is 4.70. The SMILES string of the molecule is CCc1cc2nc(C)c(C)c(N3CCNCC3)n2n1. The summed E-state index contributed by atoms with van der Waals surface area (Å²) in [6.45, 7) is 10.5. The minimum atomic E-state index is 0.947. The molecule has 0 bridgehead atoms. The van der Waals surface area contributed by atoms with Gasteiger partial charge >= 0.3 is 0 Å². The van der Waals surface area contributed by atoms with Crippen LogP contribution >= 0.6 is 0 Å². The number of nitrogens with zero attached hydrogens (tertiary/aromatic N) is 4. The lowest BCUT2D eigenvalue weighted by molar-refractivity contribution is 0.578. The zero-order chi connectivity index (χ0) is 13.4. The van der Waals surface area contributed by atoms with Gasteiger partial charge in [0.25, 0.3) is 0 Å². The minimum Gasteiger partial charge on any atom is -0.354 e. The molecule has 1 aliphatic rings. The zero-order valence-corrected chi connectivity index (χ0v) is 11.9. The number of fused-ring (bicyclic) bond motifs is 1. The predicted molar refractivity (Wildman–Crippen MR) is 76.9 cm³/mol. The standard InChI is InChI=1S/C14H21N5/c1-4-12-9-13-16-11(3)10(2)14(19(13)17-12)18-7-5-15-6-8-18/h9,15H,4-8H2,1-3H3. The molecule has 5 nitrogen and oxygen atoms in total. The van der Waals surface area contributed by atoms with Gasteiger partial charge in [-0.05, 0) is 20.3 Å². The molecule has 3 rings (SSSR count). The van der Waals surface area contributed by atoms with Crippen molar-refractivity contribution in [3.8, 4) is 0 Å². The van der Waals surface area contributed by atoms with Crippen LogP contribution in [0.4, 0.5) is 5.82 Å². The molecule has 0 amide bonds. The zero-order valence-electron chi connectivity index (χ0n) is 11.9. The van der Waals surface area contributed by atoms with Crippen molar-refractivity contribution >= 4 is 11.5 Å². The Labute approximate surface area is 113 Å². The Morgan fingerprint density at radius 3 is 2.68 bits per heavy atom. The second kappa shape index (κ2) is 4.81. The van der Waals surface area contributed by atoms with Gasteiger partial charge in [0, 0.05) is 43.5 Å². The number of anilines is 1. The highest BCUT2D eigenvalue weighted by Crippen LogP contribution is 2.24. The highest BCUT2D eigenvalue weighted by atomic mass is 15.4. The Morgan fingerprint density at radius 1 is 1.26 bits per heavy atom. The van der Waals surface area contributed by atoms with Crippen LogP contribution in [0.5, 0.6) is 0 Å². The van der Waals surface area contributed by atoms with Crippen molar-refractivity contribution in [2.24, 2.45) is 0 Å². The normalized spacial score (nSPS) is 16.3. The van der Waals surface area contributed by atoms with Crippen LogP contribution in [0.3, 0.4) is 0 Å². The molecule has 1 fully saturated rings. The van der Waals surface area contributed by atoms with Gasteiger partial charge in [0.05, 0.1) is 5.69 Å². The van der Waals surface area contributed by atoms with E-state index < -0.39 is 0 Å². The average molecular weight is 259 g/mol. The van der Waals surface area contributed by atoms with E-state index in [1.54, 1.807) is 0 Å². The predicted octanol–water partition coefficient (Wildman–Crippen LogP) is 1.32. The first-order chi connectivity index (χ1) is 9.20. The molecule has 5 heteroatoms. The van der Waals surface area contributed by atoms with E-state index in [0.717, 1.165) is 49.6 Å². The van der Waals surface area contributed by atoms with Crippen LogP contribution in [0, 0.1) is 13.8 Å². The minimum absolute atomic E-state index is 0.947. The maximum atomic E-state index is 4.70. The molecule has 0 spiro atoms. The largest absolute Gasteiger partial charge is 0.354 e. The van der Waals surface area contributed by atoms with E-state index in [2.05, 4.69) is 42.0 Å². The number of hydrogen-bond acceptors (Lipinski definition) is 4. The number of piperazine rings is 1. The average Bonchev–Trinajstić information content (AvgIpc) is 2.83. The van der Waals surface area contributed by atoms with Crippen molar-refractivity contribution < 1.29 is 0 Å². The summed E-state index contributed by atoms with van der Waals surface area (Å²) in [5.41, 5.74) is 4.41. The molecule has 0 atom stereocenters. The Bertz CT molecular complexity index is 595. The first kappa shape index (κ1) is 12.4. The summed E-state index contributed by atoms with van der Waals surface area (Å²) in [5, 5.41) is 8.10. The second-order valence-corrected chi connectivity index (χ2v) is 5.14. The van der Waals surface area contributed by atoms with Crippen LogP contribution in [0.1, 0.15) is 23.9 Å². The molecule has 2 aromatic heterocycles. The summed E-state index contributed by atoms with van der Waals surface area (Å²) in [5.74, 6) is 1.21. The number of aromatic nitrogens is 3. The summed E-state index contributed by atoms with van der Waals surface area (Å²) in [4.78, 5) is 7.07. The second-order valence-electron chi connectivity index (χ2n) is 5.14. The van der Waals surface area contributed by atoms with Gasteiger partial charge in [-0.2, -0.15) is 9.61 Å². The van der Waals surface area contributed by atoms with Crippen molar-refractivity contribution in [2.45, 2.75) is 27.2 Å². The lowest BCUT2D eigenvalue weighted by Gasteiger charge is -2.31. The molecule has 0 radical (unpaired) electrons. The lowest BCUT2D eigenvalue weighted by Crippen LogP contribution is -2.44. The number of rotatable bonds is 2. The summed E-state index contributed by atoms with van der Waals surface area (Å²) < 4.78 is 2.02. The number of nitrogens with one attached hydrogen (secondary N) is 1. The third-order valence-electron chi connectivity index (χ3n) is 3.88. The molecule has 0 unspecified atom stereocenters. The van der Waals surface area contributed by atoms with Gasteiger partial charge in [0.2, 0.25) is 0 Å². The van der Waals surface area contributed by atoms with E-state index in [0.29, 0.717) is 0 Å². The Morgan fingerprint density at radius 2 is 2.00 bits per heavy atom. The highest BCUT2D eigenvalue weighted by Gasteiger charge is 2.19. The molecule has 102 valence electrons. The smallest absolute Gasteiger partial charge is 0.157 e. The van der Waals surface area contributed by atoms with Crippen molar-refractivity contribution in [1.82, 2.24) is 19.9 Å². The number of aryl methyl sites for hydroxylation is 2. The Kier molecular flexibility index (Phi) is 3.14. The quantitative estimate of drug-likeness (QED) is 0.883. The van der Waals surface area contributed by atoms with Crippen LogP contribution in [0.2, 0.25) is 0 Å². The van der Waals surface area contributed by atoms with E-state index in [1.807, 2.05) is 4.52 Å². The monoisotopic (exact) mass is 259 g/mol. The van der Waals surface area contributed by atoms with Crippen molar-refractivity contribution in [3.05, 3.63) is 23.0 Å². The van der Waals surface area contributed by atoms with E-state index >= 15 is 0 Å².